The number of hydrogen-bond donors (Lipinski definition) is 1. The molecular formula is C23H34ClN3O2. The number of anilines is 1. The van der Waals surface area contributed by atoms with Crippen molar-refractivity contribution in [3.05, 3.63) is 29.8 Å². The smallest absolute Gasteiger partial charge is 0.231 e. The Morgan fingerprint density at radius 1 is 0.966 bits per heavy atom. The number of carbonyl (C=O) groups is 2. The number of hydrogen-bond acceptors (Lipinski definition) is 3. The summed E-state index contributed by atoms with van der Waals surface area (Å²) in [5, 5.41) is 3.32. The number of nitrogens with one attached hydrogen (secondary N) is 1. The molecule has 2 amide bonds. The molecule has 1 aromatic carbocycles. The van der Waals surface area contributed by atoms with Crippen LogP contribution in [0.5, 0.6) is 0 Å². The lowest BCUT2D eigenvalue weighted by Gasteiger charge is -2.39. The molecule has 1 saturated heterocycles. The van der Waals surface area contributed by atoms with Gasteiger partial charge in [-0.3, -0.25) is 9.59 Å². The van der Waals surface area contributed by atoms with E-state index in [0.717, 1.165) is 63.7 Å². The zero-order valence-corrected chi connectivity index (χ0v) is 18.4. The Kier molecular flexibility index (Phi) is 7.23. The highest BCUT2D eigenvalue weighted by Crippen LogP contribution is 2.38. The number of para-hydroxylation sites is 1. The van der Waals surface area contributed by atoms with Crippen LogP contribution in [-0.4, -0.2) is 48.9 Å². The number of carbonyl (C=O) groups excluding carboxylic acids is 2. The molecule has 6 heteroatoms. The van der Waals surface area contributed by atoms with Crippen LogP contribution < -0.4 is 10.2 Å². The molecule has 1 N–H and O–H groups in total. The van der Waals surface area contributed by atoms with E-state index < -0.39 is 0 Å². The van der Waals surface area contributed by atoms with E-state index >= 15 is 0 Å². The SMILES string of the molecule is CNC1CCN(C(=O)C2CCCCC2C(=O)N2c3ccccc3CC2C)CC1.Cl. The topological polar surface area (TPSA) is 52.7 Å². The van der Waals surface area contributed by atoms with Crippen molar-refractivity contribution in [3.8, 4) is 0 Å². The summed E-state index contributed by atoms with van der Waals surface area (Å²) in [6, 6.07) is 8.91. The molecule has 2 heterocycles. The molecule has 3 atom stereocenters. The largest absolute Gasteiger partial charge is 0.342 e. The van der Waals surface area contributed by atoms with Crippen molar-refractivity contribution >= 4 is 29.9 Å². The standard InChI is InChI=1S/C23H33N3O2.ClH/c1-16-15-17-7-3-6-10-21(17)26(16)23(28)20-9-5-4-8-19(20)22(27)25-13-11-18(24-2)12-14-25;/h3,6-7,10,16,18-20,24H,4-5,8-9,11-15H2,1-2H3;1H. The number of nitrogens with zero attached hydrogens (tertiary/aromatic N) is 2. The molecule has 1 aliphatic carbocycles. The van der Waals surface area contributed by atoms with Crippen molar-refractivity contribution in [2.75, 3.05) is 25.0 Å². The molecular weight excluding hydrogens is 386 g/mol. The molecule has 2 aliphatic heterocycles. The van der Waals surface area contributed by atoms with Gasteiger partial charge in [0.2, 0.25) is 11.8 Å². The lowest BCUT2D eigenvalue weighted by molar-refractivity contribution is -0.143. The number of fused-ring (bicyclic) bond motifs is 1. The van der Waals surface area contributed by atoms with Gasteiger partial charge < -0.3 is 15.1 Å². The van der Waals surface area contributed by atoms with Crippen molar-refractivity contribution in [1.29, 1.82) is 0 Å². The van der Waals surface area contributed by atoms with Gasteiger partial charge in [0, 0.05) is 36.8 Å². The Morgan fingerprint density at radius 3 is 2.24 bits per heavy atom. The van der Waals surface area contributed by atoms with Crippen LogP contribution in [0.2, 0.25) is 0 Å². The summed E-state index contributed by atoms with van der Waals surface area (Å²) >= 11 is 0. The third-order valence-electron chi connectivity index (χ3n) is 7.06. The van der Waals surface area contributed by atoms with Gasteiger partial charge in [-0.05, 0) is 57.7 Å². The molecule has 0 bridgehead atoms. The lowest BCUT2D eigenvalue weighted by Crippen LogP contribution is -2.51. The quantitative estimate of drug-likeness (QED) is 0.816. The van der Waals surface area contributed by atoms with E-state index in [0.29, 0.717) is 6.04 Å². The van der Waals surface area contributed by atoms with Crippen LogP contribution >= 0.6 is 12.4 Å². The minimum absolute atomic E-state index is 0. The second kappa shape index (κ2) is 9.48. The molecule has 0 aromatic heterocycles. The van der Waals surface area contributed by atoms with Crippen LogP contribution in [0.1, 0.15) is 51.0 Å². The number of likely N-dealkylation sites (tertiary alicyclic amines) is 1. The van der Waals surface area contributed by atoms with Gasteiger partial charge in [0.15, 0.2) is 0 Å². The Bertz CT molecular complexity index is 733. The predicted molar refractivity (Wildman–Crippen MR) is 118 cm³/mol. The summed E-state index contributed by atoms with van der Waals surface area (Å²) < 4.78 is 0. The van der Waals surface area contributed by atoms with E-state index in [1.54, 1.807) is 0 Å². The van der Waals surface area contributed by atoms with E-state index in [9.17, 15) is 9.59 Å². The summed E-state index contributed by atoms with van der Waals surface area (Å²) in [7, 11) is 1.99. The van der Waals surface area contributed by atoms with Crippen LogP contribution in [-0.2, 0) is 16.0 Å². The molecule has 4 rings (SSSR count). The predicted octanol–water partition coefficient (Wildman–Crippen LogP) is 3.40. The summed E-state index contributed by atoms with van der Waals surface area (Å²) in [5.74, 6) is 0.0672. The van der Waals surface area contributed by atoms with E-state index in [1.165, 1.54) is 5.56 Å². The zero-order valence-electron chi connectivity index (χ0n) is 17.6. The zero-order chi connectivity index (χ0) is 19.7. The molecule has 0 radical (unpaired) electrons. The van der Waals surface area contributed by atoms with Crippen molar-refractivity contribution in [2.24, 2.45) is 11.8 Å². The summed E-state index contributed by atoms with van der Waals surface area (Å²) in [5.41, 5.74) is 2.29. The average molecular weight is 420 g/mol. The fourth-order valence-corrected chi connectivity index (χ4v) is 5.43. The average Bonchev–Trinajstić information content (AvgIpc) is 3.08. The minimum Gasteiger partial charge on any atom is -0.342 e. The number of rotatable bonds is 3. The first kappa shape index (κ1) is 22.1. The van der Waals surface area contributed by atoms with Crippen molar-refractivity contribution < 1.29 is 9.59 Å². The number of benzene rings is 1. The molecule has 1 aromatic rings. The van der Waals surface area contributed by atoms with Crippen LogP contribution in [0.25, 0.3) is 0 Å². The first-order valence-corrected chi connectivity index (χ1v) is 11.0. The third kappa shape index (κ3) is 4.31. The molecule has 3 unspecified atom stereocenters. The highest BCUT2D eigenvalue weighted by Gasteiger charge is 2.43. The van der Waals surface area contributed by atoms with Crippen LogP contribution in [0.4, 0.5) is 5.69 Å². The Hall–Kier alpha value is -1.59. The molecule has 1 saturated carbocycles. The first-order valence-electron chi connectivity index (χ1n) is 11.0. The molecule has 0 spiro atoms. The number of halogens is 1. The Balaban J connectivity index is 0.00000240. The second-order valence-electron chi connectivity index (χ2n) is 8.78. The molecule has 29 heavy (non-hydrogen) atoms. The summed E-state index contributed by atoms with van der Waals surface area (Å²) in [4.78, 5) is 31.0. The lowest BCUT2D eigenvalue weighted by atomic mass is 9.77. The second-order valence-corrected chi connectivity index (χ2v) is 8.78. The van der Waals surface area contributed by atoms with Crippen LogP contribution in [0, 0.1) is 11.8 Å². The van der Waals surface area contributed by atoms with E-state index in [-0.39, 0.29) is 42.1 Å². The van der Waals surface area contributed by atoms with Gasteiger partial charge in [-0.1, -0.05) is 31.0 Å². The van der Waals surface area contributed by atoms with Gasteiger partial charge >= 0.3 is 0 Å². The van der Waals surface area contributed by atoms with Gasteiger partial charge in [-0.25, -0.2) is 0 Å². The van der Waals surface area contributed by atoms with Gasteiger partial charge in [0.1, 0.15) is 0 Å². The summed E-state index contributed by atoms with van der Waals surface area (Å²) in [6.07, 6.45) is 6.71. The van der Waals surface area contributed by atoms with Gasteiger partial charge in [0.25, 0.3) is 0 Å². The molecule has 5 nitrogen and oxygen atoms in total. The number of piperidine rings is 1. The van der Waals surface area contributed by atoms with Crippen LogP contribution in [0.15, 0.2) is 24.3 Å². The highest BCUT2D eigenvalue weighted by molar-refractivity contribution is 6.00. The molecule has 3 aliphatic rings. The third-order valence-corrected chi connectivity index (χ3v) is 7.06. The Morgan fingerprint density at radius 2 is 1.59 bits per heavy atom. The van der Waals surface area contributed by atoms with E-state index in [2.05, 4.69) is 24.4 Å². The normalized spacial score (nSPS) is 27.3. The summed E-state index contributed by atoms with van der Waals surface area (Å²) in [6.45, 7) is 3.75. The highest BCUT2D eigenvalue weighted by atomic mass is 35.5. The van der Waals surface area contributed by atoms with E-state index in [1.807, 2.05) is 29.0 Å². The fraction of sp³-hybridized carbons (Fsp3) is 0.652. The maximum Gasteiger partial charge on any atom is 0.231 e. The fourth-order valence-electron chi connectivity index (χ4n) is 5.43. The van der Waals surface area contributed by atoms with Gasteiger partial charge in [-0.2, -0.15) is 0 Å². The van der Waals surface area contributed by atoms with Crippen LogP contribution in [0.3, 0.4) is 0 Å². The number of amides is 2. The molecule has 2 fully saturated rings. The minimum atomic E-state index is -0.170. The van der Waals surface area contributed by atoms with Crippen molar-refractivity contribution in [2.45, 2.75) is 64.0 Å². The monoisotopic (exact) mass is 419 g/mol. The first-order chi connectivity index (χ1) is 13.6. The van der Waals surface area contributed by atoms with E-state index in [4.69, 9.17) is 0 Å². The molecule has 160 valence electrons. The Labute approximate surface area is 180 Å². The van der Waals surface area contributed by atoms with Crippen molar-refractivity contribution in [3.63, 3.8) is 0 Å². The van der Waals surface area contributed by atoms with Gasteiger partial charge in [0.05, 0.1) is 5.92 Å². The van der Waals surface area contributed by atoms with Gasteiger partial charge in [-0.15, -0.1) is 12.4 Å². The van der Waals surface area contributed by atoms with Crippen molar-refractivity contribution in [1.82, 2.24) is 10.2 Å². The maximum atomic E-state index is 13.6. The maximum absolute atomic E-state index is 13.6.